The SMILES string of the molecule is CC1(C)O[C@H]2O[C@@H]3CN=C(N)[C@]3(O)[C@H]2O1. The van der Waals surface area contributed by atoms with E-state index in [2.05, 4.69) is 4.99 Å². The van der Waals surface area contributed by atoms with Gasteiger partial charge in [0.2, 0.25) is 0 Å². The molecule has 0 aromatic rings. The summed E-state index contributed by atoms with van der Waals surface area (Å²) in [5.74, 6) is -0.569. The lowest BCUT2D eigenvalue weighted by Gasteiger charge is -2.28. The second kappa shape index (κ2) is 2.52. The standard InChI is InChI=1S/C9H14N2O4/c1-8(2)14-5-6(15-8)13-4-3-11-7(10)9(4,5)12/h4-6,12H,3H2,1-2H3,(H2,10,11)/t4-,5+,6-,9-/m1/s1. The van der Waals surface area contributed by atoms with E-state index in [1.165, 1.54) is 0 Å². The molecule has 0 aromatic heterocycles. The molecule has 2 saturated heterocycles. The molecule has 4 atom stereocenters. The van der Waals surface area contributed by atoms with Gasteiger partial charge in [0, 0.05) is 0 Å². The van der Waals surface area contributed by atoms with Crippen LogP contribution in [0.3, 0.4) is 0 Å². The van der Waals surface area contributed by atoms with Crippen molar-refractivity contribution < 1.29 is 19.3 Å². The predicted octanol–water partition coefficient (Wildman–Crippen LogP) is -1.04. The van der Waals surface area contributed by atoms with Gasteiger partial charge >= 0.3 is 0 Å². The van der Waals surface area contributed by atoms with Crippen molar-refractivity contribution in [3.63, 3.8) is 0 Å². The number of hydrogen-bond donors (Lipinski definition) is 2. The third kappa shape index (κ3) is 1.05. The molecule has 3 rings (SSSR count). The van der Waals surface area contributed by atoms with E-state index in [0.717, 1.165) is 0 Å². The summed E-state index contributed by atoms with van der Waals surface area (Å²) in [6, 6.07) is 0. The third-order valence-corrected chi connectivity index (χ3v) is 3.12. The molecule has 3 aliphatic heterocycles. The maximum absolute atomic E-state index is 10.4. The lowest BCUT2D eigenvalue weighted by Crippen LogP contribution is -2.55. The van der Waals surface area contributed by atoms with Gasteiger partial charge in [-0.2, -0.15) is 0 Å². The van der Waals surface area contributed by atoms with Gasteiger partial charge in [-0.3, -0.25) is 4.99 Å². The normalized spacial score (nSPS) is 51.4. The number of aliphatic imine (C=N–C) groups is 1. The summed E-state index contributed by atoms with van der Waals surface area (Å²) < 4.78 is 16.6. The molecule has 0 aromatic carbocycles. The molecule has 0 saturated carbocycles. The Kier molecular flexibility index (Phi) is 1.60. The molecule has 0 amide bonds. The Labute approximate surface area is 87.0 Å². The molecule has 2 fully saturated rings. The second-order valence-electron chi connectivity index (χ2n) is 4.60. The largest absolute Gasteiger partial charge is 0.385 e. The average molecular weight is 214 g/mol. The van der Waals surface area contributed by atoms with Gasteiger partial charge in [0.05, 0.1) is 6.54 Å². The molecular weight excluding hydrogens is 200 g/mol. The van der Waals surface area contributed by atoms with E-state index in [9.17, 15) is 5.11 Å². The Morgan fingerprint density at radius 1 is 1.47 bits per heavy atom. The monoisotopic (exact) mass is 214 g/mol. The summed E-state index contributed by atoms with van der Waals surface area (Å²) in [5, 5.41) is 10.4. The van der Waals surface area contributed by atoms with Crippen LogP contribution in [0.4, 0.5) is 0 Å². The quantitative estimate of drug-likeness (QED) is 0.538. The molecule has 3 aliphatic rings. The van der Waals surface area contributed by atoms with E-state index in [4.69, 9.17) is 19.9 Å². The molecule has 15 heavy (non-hydrogen) atoms. The summed E-state index contributed by atoms with van der Waals surface area (Å²) in [7, 11) is 0. The molecule has 0 spiro atoms. The number of rotatable bonds is 0. The number of aliphatic hydroxyl groups is 1. The topological polar surface area (TPSA) is 86.3 Å². The van der Waals surface area contributed by atoms with Crippen LogP contribution >= 0.6 is 0 Å². The Balaban J connectivity index is 1.96. The third-order valence-electron chi connectivity index (χ3n) is 3.12. The summed E-state index contributed by atoms with van der Waals surface area (Å²) in [4.78, 5) is 3.98. The maximum atomic E-state index is 10.4. The van der Waals surface area contributed by atoms with Crippen molar-refractivity contribution in [1.82, 2.24) is 0 Å². The van der Waals surface area contributed by atoms with Crippen LogP contribution in [0.15, 0.2) is 4.99 Å². The van der Waals surface area contributed by atoms with Crippen molar-refractivity contribution in [3.8, 4) is 0 Å². The lowest BCUT2D eigenvalue weighted by atomic mass is 9.94. The van der Waals surface area contributed by atoms with Gasteiger partial charge in [0.25, 0.3) is 0 Å². The van der Waals surface area contributed by atoms with Crippen LogP contribution in [0.25, 0.3) is 0 Å². The Hall–Kier alpha value is -0.690. The highest BCUT2D eigenvalue weighted by atomic mass is 16.8. The van der Waals surface area contributed by atoms with E-state index in [-0.39, 0.29) is 5.84 Å². The Morgan fingerprint density at radius 3 is 2.93 bits per heavy atom. The van der Waals surface area contributed by atoms with Crippen molar-refractivity contribution >= 4 is 5.84 Å². The first kappa shape index (κ1) is 9.53. The number of ether oxygens (including phenoxy) is 3. The van der Waals surface area contributed by atoms with Crippen molar-refractivity contribution in [2.24, 2.45) is 10.7 Å². The number of amidine groups is 1. The van der Waals surface area contributed by atoms with E-state index in [1.807, 2.05) is 0 Å². The zero-order chi connectivity index (χ0) is 10.8. The van der Waals surface area contributed by atoms with Crippen molar-refractivity contribution in [2.75, 3.05) is 6.54 Å². The fourth-order valence-electron chi connectivity index (χ4n) is 2.38. The molecular formula is C9H14N2O4. The van der Waals surface area contributed by atoms with Gasteiger partial charge in [-0.15, -0.1) is 0 Å². The highest BCUT2D eigenvalue weighted by molar-refractivity contribution is 5.92. The van der Waals surface area contributed by atoms with Crippen LogP contribution in [-0.4, -0.2) is 47.4 Å². The Bertz CT molecular complexity index is 343. The molecule has 3 N–H and O–H groups in total. The van der Waals surface area contributed by atoms with E-state index >= 15 is 0 Å². The molecule has 6 nitrogen and oxygen atoms in total. The van der Waals surface area contributed by atoms with Crippen molar-refractivity contribution in [3.05, 3.63) is 0 Å². The van der Waals surface area contributed by atoms with E-state index < -0.39 is 29.9 Å². The van der Waals surface area contributed by atoms with Crippen molar-refractivity contribution in [1.29, 1.82) is 0 Å². The van der Waals surface area contributed by atoms with Gasteiger partial charge in [-0.1, -0.05) is 0 Å². The van der Waals surface area contributed by atoms with Crippen LogP contribution in [0.5, 0.6) is 0 Å². The molecule has 6 heteroatoms. The highest BCUT2D eigenvalue weighted by Gasteiger charge is 2.66. The second-order valence-corrected chi connectivity index (χ2v) is 4.60. The minimum absolute atomic E-state index is 0.182. The minimum atomic E-state index is -1.32. The Morgan fingerprint density at radius 2 is 2.20 bits per heavy atom. The van der Waals surface area contributed by atoms with E-state index in [0.29, 0.717) is 6.54 Å². The van der Waals surface area contributed by atoms with Gasteiger partial charge < -0.3 is 25.1 Å². The van der Waals surface area contributed by atoms with Crippen LogP contribution in [0.1, 0.15) is 13.8 Å². The summed E-state index contributed by atoms with van der Waals surface area (Å²) in [5.41, 5.74) is 4.36. The fraction of sp³-hybridized carbons (Fsp3) is 0.889. The number of nitrogens with zero attached hydrogens (tertiary/aromatic N) is 1. The minimum Gasteiger partial charge on any atom is -0.385 e. The van der Waals surface area contributed by atoms with Gasteiger partial charge in [0.15, 0.2) is 23.8 Å². The number of hydrogen-bond acceptors (Lipinski definition) is 6. The van der Waals surface area contributed by atoms with Gasteiger partial charge in [0.1, 0.15) is 11.9 Å². The maximum Gasteiger partial charge on any atom is 0.191 e. The summed E-state index contributed by atoms with van der Waals surface area (Å²) in [6.07, 6.45) is -1.57. The summed E-state index contributed by atoms with van der Waals surface area (Å²) >= 11 is 0. The zero-order valence-corrected chi connectivity index (χ0v) is 8.64. The zero-order valence-electron chi connectivity index (χ0n) is 8.64. The predicted molar refractivity (Wildman–Crippen MR) is 50.1 cm³/mol. The molecule has 3 heterocycles. The molecule has 0 radical (unpaired) electrons. The first-order chi connectivity index (χ1) is 6.93. The number of nitrogens with two attached hydrogens (primary N) is 1. The van der Waals surface area contributed by atoms with Crippen LogP contribution in [0.2, 0.25) is 0 Å². The van der Waals surface area contributed by atoms with E-state index in [1.54, 1.807) is 13.8 Å². The van der Waals surface area contributed by atoms with Gasteiger partial charge in [-0.25, -0.2) is 0 Å². The van der Waals surface area contributed by atoms with Crippen LogP contribution in [0, 0.1) is 0 Å². The molecule has 84 valence electrons. The first-order valence-electron chi connectivity index (χ1n) is 4.97. The molecule has 0 aliphatic carbocycles. The molecule has 0 bridgehead atoms. The first-order valence-corrected chi connectivity index (χ1v) is 4.97. The van der Waals surface area contributed by atoms with Crippen molar-refractivity contribution in [2.45, 2.75) is 43.7 Å². The molecule has 0 unspecified atom stereocenters. The van der Waals surface area contributed by atoms with Gasteiger partial charge in [-0.05, 0) is 13.8 Å². The summed E-state index contributed by atoms with van der Waals surface area (Å²) in [6.45, 7) is 3.91. The average Bonchev–Trinajstić information content (AvgIpc) is 2.65. The fourth-order valence-corrected chi connectivity index (χ4v) is 2.38. The highest BCUT2D eigenvalue weighted by Crippen LogP contribution is 2.44. The van der Waals surface area contributed by atoms with Crippen LogP contribution < -0.4 is 5.73 Å². The number of fused-ring (bicyclic) bond motifs is 3. The van der Waals surface area contributed by atoms with Crippen LogP contribution in [-0.2, 0) is 14.2 Å². The smallest absolute Gasteiger partial charge is 0.191 e. The lowest BCUT2D eigenvalue weighted by molar-refractivity contribution is -0.217.